The average Bonchev–Trinajstić information content (AvgIpc) is 3.05. The van der Waals surface area contributed by atoms with Gasteiger partial charge < -0.3 is 15.0 Å². The van der Waals surface area contributed by atoms with Crippen molar-refractivity contribution in [2.45, 2.75) is 46.6 Å². The van der Waals surface area contributed by atoms with Crippen molar-refractivity contribution in [3.63, 3.8) is 0 Å². The summed E-state index contributed by atoms with van der Waals surface area (Å²) >= 11 is 0. The Balaban J connectivity index is 1.35. The molecule has 0 unspecified atom stereocenters. The number of aromatic nitrogens is 2. The van der Waals surface area contributed by atoms with Crippen LogP contribution in [-0.2, 0) is 4.79 Å². The Hall–Kier alpha value is -3.03. The Labute approximate surface area is 189 Å². The summed E-state index contributed by atoms with van der Waals surface area (Å²) in [6.45, 7) is 10.1. The summed E-state index contributed by atoms with van der Waals surface area (Å²) in [5.41, 5.74) is 0.695. The molecule has 1 aliphatic carbocycles. The van der Waals surface area contributed by atoms with E-state index in [9.17, 15) is 9.59 Å². The number of carbonyl (C=O) groups excluding carboxylic acids is 2. The van der Waals surface area contributed by atoms with E-state index in [-0.39, 0.29) is 34.7 Å². The van der Waals surface area contributed by atoms with Gasteiger partial charge in [-0.3, -0.25) is 10.1 Å². The monoisotopic (exact) mass is 439 g/mol. The number of hydrogen-bond donors (Lipinski definition) is 2. The van der Waals surface area contributed by atoms with Gasteiger partial charge in [-0.05, 0) is 35.8 Å². The number of nitrogens with zero attached hydrogens (tertiary/aromatic N) is 3. The first-order valence-corrected chi connectivity index (χ1v) is 11.2. The van der Waals surface area contributed by atoms with Crippen LogP contribution in [-0.4, -0.2) is 46.8 Å². The Morgan fingerprint density at radius 3 is 2.31 bits per heavy atom. The summed E-state index contributed by atoms with van der Waals surface area (Å²) < 4.78 is 7.14. The second-order valence-corrected chi connectivity index (χ2v) is 9.87. The van der Waals surface area contributed by atoms with Crippen molar-refractivity contribution in [1.82, 2.24) is 14.7 Å². The minimum Gasteiger partial charge on any atom is -0.495 e. The topological polar surface area (TPSA) is 88.5 Å². The maximum Gasteiger partial charge on any atom is 0.324 e. The number of anilines is 2. The summed E-state index contributed by atoms with van der Waals surface area (Å²) in [5, 5.41) is 10.1. The van der Waals surface area contributed by atoms with Gasteiger partial charge in [0, 0.05) is 25.1 Å². The molecule has 3 amide bonds. The van der Waals surface area contributed by atoms with Crippen LogP contribution in [0.15, 0.2) is 36.5 Å². The minimum absolute atomic E-state index is 0.0504. The quantitative estimate of drug-likeness (QED) is 0.724. The maximum atomic E-state index is 13.1. The highest BCUT2D eigenvalue weighted by Gasteiger charge is 2.68. The number of para-hydroxylation sites is 2. The minimum atomic E-state index is -0.359. The van der Waals surface area contributed by atoms with Crippen LogP contribution >= 0.6 is 0 Å². The highest BCUT2D eigenvalue weighted by atomic mass is 16.5. The zero-order valence-corrected chi connectivity index (χ0v) is 19.5. The van der Waals surface area contributed by atoms with Crippen molar-refractivity contribution in [2.75, 3.05) is 30.8 Å². The zero-order chi connectivity index (χ0) is 23.1. The summed E-state index contributed by atoms with van der Waals surface area (Å²) in [4.78, 5) is 27.6. The molecule has 1 saturated carbocycles. The van der Waals surface area contributed by atoms with E-state index in [1.807, 2.05) is 21.7 Å². The first kappa shape index (κ1) is 22.2. The van der Waals surface area contributed by atoms with Crippen LogP contribution in [0.2, 0.25) is 0 Å². The van der Waals surface area contributed by atoms with Crippen molar-refractivity contribution in [1.29, 1.82) is 0 Å². The summed E-state index contributed by atoms with van der Waals surface area (Å²) in [6.07, 6.45) is 3.30. The number of urea groups is 1. The van der Waals surface area contributed by atoms with E-state index in [2.05, 4.69) is 43.4 Å². The normalized spacial score (nSPS) is 20.0. The first-order chi connectivity index (χ1) is 15.2. The third-order valence-corrected chi connectivity index (χ3v) is 7.66. The number of methoxy groups -OCH3 is 1. The molecule has 1 aromatic carbocycles. The van der Waals surface area contributed by atoms with Crippen LogP contribution in [0.5, 0.6) is 5.75 Å². The third-order valence-electron chi connectivity index (χ3n) is 7.66. The van der Waals surface area contributed by atoms with Gasteiger partial charge in [-0.2, -0.15) is 5.10 Å². The van der Waals surface area contributed by atoms with Crippen LogP contribution in [0.4, 0.5) is 16.3 Å². The molecule has 8 nitrogen and oxygen atoms in total. The molecule has 4 rings (SSSR count). The van der Waals surface area contributed by atoms with E-state index in [1.165, 1.54) is 0 Å². The highest BCUT2D eigenvalue weighted by molar-refractivity contribution is 6.00. The average molecular weight is 440 g/mol. The van der Waals surface area contributed by atoms with E-state index in [0.717, 1.165) is 12.8 Å². The number of nitrogens with one attached hydrogen (secondary N) is 2. The van der Waals surface area contributed by atoms with Crippen molar-refractivity contribution >= 4 is 23.4 Å². The van der Waals surface area contributed by atoms with Crippen LogP contribution < -0.4 is 15.4 Å². The second kappa shape index (κ2) is 8.15. The number of carbonyl (C=O) groups is 2. The van der Waals surface area contributed by atoms with Crippen LogP contribution in [0, 0.1) is 16.7 Å². The number of hydrogen-bond acceptors (Lipinski definition) is 4. The molecule has 8 heteroatoms. The smallest absolute Gasteiger partial charge is 0.324 e. The molecule has 2 heterocycles. The molecule has 2 aliphatic rings. The molecule has 0 spiro atoms. The van der Waals surface area contributed by atoms with Gasteiger partial charge in [0.1, 0.15) is 11.6 Å². The van der Waals surface area contributed by atoms with E-state index in [1.54, 1.807) is 31.5 Å². The molecule has 1 aliphatic heterocycles. The van der Waals surface area contributed by atoms with E-state index < -0.39 is 0 Å². The lowest BCUT2D eigenvalue weighted by Crippen LogP contribution is -2.41. The van der Waals surface area contributed by atoms with Crippen molar-refractivity contribution in [2.24, 2.45) is 16.7 Å². The van der Waals surface area contributed by atoms with Gasteiger partial charge in [0.25, 0.3) is 0 Å². The van der Waals surface area contributed by atoms with Crippen molar-refractivity contribution in [3.8, 4) is 5.75 Å². The van der Waals surface area contributed by atoms with Gasteiger partial charge in [0.05, 0.1) is 25.0 Å². The fraction of sp³-hybridized carbons (Fsp3) is 0.542. The molecule has 0 atom stereocenters. The molecule has 0 radical (unpaired) electrons. The second-order valence-electron chi connectivity index (χ2n) is 9.87. The number of benzene rings is 1. The van der Waals surface area contributed by atoms with Gasteiger partial charge in [-0.1, -0.05) is 39.8 Å². The predicted molar refractivity (Wildman–Crippen MR) is 124 cm³/mol. The van der Waals surface area contributed by atoms with Gasteiger partial charge >= 0.3 is 6.03 Å². The molecule has 0 bridgehead atoms. The summed E-state index contributed by atoms with van der Waals surface area (Å²) in [6, 6.07) is 8.82. The SMILES string of the molecule is COc1ccccc1NC(=O)Nc1ccnn1C1CCN(C(=O)C2C(C)(C)C2(C)C)CC1. The fourth-order valence-electron chi connectivity index (χ4n) is 5.05. The molecule has 2 aromatic rings. The number of rotatable bonds is 5. The molecule has 32 heavy (non-hydrogen) atoms. The molecular weight excluding hydrogens is 406 g/mol. The summed E-state index contributed by atoms with van der Waals surface area (Å²) in [5.74, 6) is 1.59. The van der Waals surface area contributed by atoms with Crippen molar-refractivity contribution < 1.29 is 14.3 Å². The Kier molecular flexibility index (Phi) is 5.65. The third kappa shape index (κ3) is 3.82. The fourth-order valence-corrected chi connectivity index (χ4v) is 5.05. The number of ether oxygens (including phenoxy) is 1. The van der Waals surface area contributed by atoms with E-state index in [4.69, 9.17) is 4.74 Å². The molecule has 2 N–H and O–H groups in total. The standard InChI is InChI=1S/C24H33N5O3/c1-23(2)20(24(23,3)4)21(30)28-14-11-16(12-15-28)29-19(10-13-25-29)27-22(31)26-17-8-6-7-9-18(17)32-5/h6-10,13,16,20H,11-12,14-15H2,1-5H3,(H2,26,27,31). The molecule has 1 saturated heterocycles. The van der Waals surface area contributed by atoms with Gasteiger partial charge in [0.15, 0.2) is 0 Å². The van der Waals surface area contributed by atoms with E-state index in [0.29, 0.717) is 30.3 Å². The lowest BCUT2D eigenvalue weighted by molar-refractivity contribution is -0.135. The lowest BCUT2D eigenvalue weighted by Gasteiger charge is -2.33. The highest BCUT2D eigenvalue weighted by Crippen LogP contribution is 2.68. The largest absolute Gasteiger partial charge is 0.495 e. The van der Waals surface area contributed by atoms with Gasteiger partial charge in [-0.15, -0.1) is 0 Å². The van der Waals surface area contributed by atoms with Crippen LogP contribution in [0.25, 0.3) is 0 Å². The van der Waals surface area contributed by atoms with Gasteiger partial charge in [0.2, 0.25) is 5.91 Å². The molecule has 2 fully saturated rings. The van der Waals surface area contributed by atoms with Crippen molar-refractivity contribution in [3.05, 3.63) is 36.5 Å². The Morgan fingerprint density at radius 1 is 1.03 bits per heavy atom. The molecule has 172 valence electrons. The van der Waals surface area contributed by atoms with Crippen LogP contribution in [0.3, 0.4) is 0 Å². The number of amides is 3. The lowest BCUT2D eigenvalue weighted by atomic mass is 10.0. The van der Waals surface area contributed by atoms with Gasteiger partial charge in [-0.25, -0.2) is 9.48 Å². The van der Waals surface area contributed by atoms with Crippen LogP contribution in [0.1, 0.15) is 46.6 Å². The number of likely N-dealkylation sites (tertiary alicyclic amines) is 1. The molecular formula is C24H33N5O3. The maximum absolute atomic E-state index is 13.1. The predicted octanol–water partition coefficient (Wildman–Crippen LogP) is 4.38. The van der Waals surface area contributed by atoms with E-state index >= 15 is 0 Å². The zero-order valence-electron chi connectivity index (χ0n) is 19.5. The first-order valence-electron chi connectivity index (χ1n) is 11.2. The number of piperidine rings is 1. The summed E-state index contributed by atoms with van der Waals surface area (Å²) in [7, 11) is 1.57. The Bertz CT molecular complexity index is 991. The molecule has 1 aromatic heterocycles. The Morgan fingerprint density at radius 2 is 1.69 bits per heavy atom.